The molecule has 0 aliphatic carbocycles. The summed E-state index contributed by atoms with van der Waals surface area (Å²) in [5.74, 6) is 0.820. The average Bonchev–Trinajstić information content (AvgIpc) is 2.81. The standard InChI is InChI=1S/C14H17N3O2/c1-4-17-13(12(8-18)15-16-17)9-19-14-7-10(2)5-6-11(14)3/h5-8H,4,9H2,1-3H3. The van der Waals surface area contributed by atoms with Crippen LogP contribution in [0, 0.1) is 13.8 Å². The second-order valence-corrected chi connectivity index (χ2v) is 4.41. The zero-order valence-corrected chi connectivity index (χ0v) is 11.4. The first-order valence-corrected chi connectivity index (χ1v) is 6.23. The lowest BCUT2D eigenvalue weighted by molar-refractivity contribution is 0.111. The molecule has 5 heteroatoms. The van der Waals surface area contributed by atoms with Crippen molar-refractivity contribution in [3.05, 3.63) is 40.7 Å². The van der Waals surface area contributed by atoms with Crippen LogP contribution in [0.3, 0.4) is 0 Å². The fourth-order valence-electron chi connectivity index (χ4n) is 1.85. The van der Waals surface area contributed by atoms with Crippen molar-refractivity contribution in [3.8, 4) is 5.75 Å². The third-order valence-corrected chi connectivity index (χ3v) is 2.99. The van der Waals surface area contributed by atoms with Crippen LogP contribution in [0.2, 0.25) is 0 Å². The van der Waals surface area contributed by atoms with E-state index >= 15 is 0 Å². The maximum absolute atomic E-state index is 10.9. The van der Waals surface area contributed by atoms with Gasteiger partial charge in [-0.25, -0.2) is 4.68 Å². The van der Waals surface area contributed by atoms with Crippen molar-refractivity contribution in [2.45, 2.75) is 33.9 Å². The van der Waals surface area contributed by atoms with Crippen LogP contribution in [0.4, 0.5) is 0 Å². The van der Waals surface area contributed by atoms with E-state index in [4.69, 9.17) is 4.74 Å². The summed E-state index contributed by atoms with van der Waals surface area (Å²) in [5.41, 5.74) is 3.25. The highest BCUT2D eigenvalue weighted by Gasteiger charge is 2.12. The molecule has 5 nitrogen and oxygen atoms in total. The van der Waals surface area contributed by atoms with Crippen molar-refractivity contribution < 1.29 is 9.53 Å². The summed E-state index contributed by atoms with van der Waals surface area (Å²) in [5, 5.41) is 7.74. The number of carbonyl (C=O) groups excluding carboxylic acids is 1. The summed E-state index contributed by atoms with van der Waals surface area (Å²) in [6.45, 7) is 6.90. The molecule has 0 radical (unpaired) electrons. The van der Waals surface area contributed by atoms with Crippen molar-refractivity contribution in [1.29, 1.82) is 0 Å². The van der Waals surface area contributed by atoms with Gasteiger partial charge in [-0.2, -0.15) is 0 Å². The number of carbonyl (C=O) groups is 1. The predicted octanol–water partition coefficient (Wildman–Crippen LogP) is 2.31. The Kier molecular flexibility index (Phi) is 3.94. The van der Waals surface area contributed by atoms with E-state index in [0.29, 0.717) is 30.8 Å². The molecule has 0 unspecified atom stereocenters. The number of aromatic nitrogens is 3. The topological polar surface area (TPSA) is 57.0 Å². The number of hydrogen-bond acceptors (Lipinski definition) is 4. The van der Waals surface area contributed by atoms with E-state index in [1.807, 2.05) is 39.0 Å². The fourth-order valence-corrected chi connectivity index (χ4v) is 1.85. The Morgan fingerprint density at radius 2 is 2.16 bits per heavy atom. The summed E-state index contributed by atoms with van der Waals surface area (Å²) in [6.07, 6.45) is 0.709. The Hall–Kier alpha value is -2.17. The summed E-state index contributed by atoms with van der Waals surface area (Å²) in [7, 11) is 0. The van der Waals surface area contributed by atoms with E-state index in [0.717, 1.165) is 16.9 Å². The van der Waals surface area contributed by atoms with E-state index in [1.54, 1.807) is 4.68 Å². The van der Waals surface area contributed by atoms with Crippen molar-refractivity contribution in [3.63, 3.8) is 0 Å². The zero-order chi connectivity index (χ0) is 13.8. The van der Waals surface area contributed by atoms with Gasteiger partial charge in [-0.1, -0.05) is 17.3 Å². The molecule has 1 aromatic heterocycles. The number of nitrogens with zero attached hydrogens (tertiary/aromatic N) is 3. The van der Waals surface area contributed by atoms with Crippen LogP contribution >= 0.6 is 0 Å². The van der Waals surface area contributed by atoms with E-state index < -0.39 is 0 Å². The minimum Gasteiger partial charge on any atom is -0.487 e. The van der Waals surface area contributed by atoms with Gasteiger partial charge in [-0.3, -0.25) is 4.79 Å². The molecular formula is C14H17N3O2. The fraction of sp³-hybridized carbons (Fsp3) is 0.357. The monoisotopic (exact) mass is 259 g/mol. The van der Waals surface area contributed by atoms with Crippen LogP contribution in [0.25, 0.3) is 0 Å². The second kappa shape index (κ2) is 5.65. The molecule has 0 atom stereocenters. The molecule has 2 rings (SSSR count). The molecule has 19 heavy (non-hydrogen) atoms. The van der Waals surface area contributed by atoms with E-state index in [-0.39, 0.29) is 0 Å². The highest BCUT2D eigenvalue weighted by molar-refractivity contribution is 5.73. The smallest absolute Gasteiger partial charge is 0.172 e. The van der Waals surface area contributed by atoms with Gasteiger partial charge >= 0.3 is 0 Å². The Labute approximate surface area is 112 Å². The minimum atomic E-state index is 0.291. The lowest BCUT2D eigenvalue weighted by Crippen LogP contribution is -2.08. The van der Waals surface area contributed by atoms with Crippen LogP contribution in [0.5, 0.6) is 5.75 Å². The van der Waals surface area contributed by atoms with Crippen molar-refractivity contribution in [2.24, 2.45) is 0 Å². The molecule has 1 heterocycles. The van der Waals surface area contributed by atoms with Crippen LogP contribution < -0.4 is 4.74 Å². The molecule has 0 N–H and O–H groups in total. The van der Waals surface area contributed by atoms with Gasteiger partial charge in [0.25, 0.3) is 0 Å². The molecule has 0 amide bonds. The summed E-state index contributed by atoms with van der Waals surface area (Å²) >= 11 is 0. The Balaban J connectivity index is 2.20. The first-order chi connectivity index (χ1) is 9.15. The van der Waals surface area contributed by atoms with Crippen LogP contribution in [-0.2, 0) is 13.2 Å². The van der Waals surface area contributed by atoms with Crippen molar-refractivity contribution >= 4 is 6.29 Å². The molecule has 2 aromatic rings. The molecule has 1 aromatic carbocycles. The van der Waals surface area contributed by atoms with Crippen LogP contribution in [-0.4, -0.2) is 21.3 Å². The van der Waals surface area contributed by atoms with Gasteiger partial charge in [-0.05, 0) is 38.0 Å². The molecule has 0 saturated heterocycles. The number of aldehydes is 1. The molecule has 0 saturated carbocycles. The molecule has 0 fully saturated rings. The maximum Gasteiger partial charge on any atom is 0.172 e. The maximum atomic E-state index is 10.9. The van der Waals surface area contributed by atoms with Gasteiger partial charge in [0.05, 0.1) is 0 Å². The largest absolute Gasteiger partial charge is 0.487 e. The Morgan fingerprint density at radius 3 is 2.84 bits per heavy atom. The summed E-state index contributed by atoms with van der Waals surface area (Å²) in [4.78, 5) is 10.9. The highest BCUT2D eigenvalue weighted by atomic mass is 16.5. The van der Waals surface area contributed by atoms with Crippen molar-refractivity contribution in [1.82, 2.24) is 15.0 Å². The first kappa shape index (κ1) is 13.3. The van der Waals surface area contributed by atoms with E-state index in [1.165, 1.54) is 0 Å². The number of aryl methyl sites for hydroxylation is 3. The van der Waals surface area contributed by atoms with Gasteiger partial charge < -0.3 is 4.74 Å². The zero-order valence-electron chi connectivity index (χ0n) is 11.4. The van der Waals surface area contributed by atoms with Gasteiger partial charge in [-0.15, -0.1) is 5.10 Å². The Bertz CT molecular complexity index is 590. The highest BCUT2D eigenvalue weighted by Crippen LogP contribution is 2.20. The van der Waals surface area contributed by atoms with Gasteiger partial charge in [0.2, 0.25) is 0 Å². The van der Waals surface area contributed by atoms with Crippen LogP contribution in [0.1, 0.15) is 34.2 Å². The van der Waals surface area contributed by atoms with E-state index in [2.05, 4.69) is 10.3 Å². The summed E-state index contributed by atoms with van der Waals surface area (Å²) in [6, 6.07) is 6.04. The molecule has 100 valence electrons. The molecule has 0 aliphatic rings. The third-order valence-electron chi connectivity index (χ3n) is 2.99. The number of rotatable bonds is 5. The van der Waals surface area contributed by atoms with E-state index in [9.17, 15) is 4.79 Å². The van der Waals surface area contributed by atoms with Crippen LogP contribution in [0.15, 0.2) is 18.2 Å². The number of hydrogen-bond donors (Lipinski definition) is 0. The number of benzene rings is 1. The lowest BCUT2D eigenvalue weighted by Gasteiger charge is -2.10. The van der Waals surface area contributed by atoms with Gasteiger partial charge in [0.1, 0.15) is 18.1 Å². The minimum absolute atomic E-state index is 0.291. The SMILES string of the molecule is CCn1nnc(C=O)c1COc1cc(C)ccc1C. The normalized spacial score (nSPS) is 10.5. The third kappa shape index (κ3) is 2.81. The molecule has 0 aliphatic heterocycles. The first-order valence-electron chi connectivity index (χ1n) is 6.23. The van der Waals surface area contributed by atoms with Gasteiger partial charge in [0.15, 0.2) is 12.0 Å². The predicted molar refractivity (Wildman–Crippen MR) is 71.3 cm³/mol. The summed E-state index contributed by atoms with van der Waals surface area (Å²) < 4.78 is 7.46. The lowest BCUT2D eigenvalue weighted by atomic mass is 10.1. The second-order valence-electron chi connectivity index (χ2n) is 4.41. The van der Waals surface area contributed by atoms with Gasteiger partial charge in [0, 0.05) is 6.54 Å². The average molecular weight is 259 g/mol. The quantitative estimate of drug-likeness (QED) is 0.773. The Morgan fingerprint density at radius 1 is 1.37 bits per heavy atom. The molecular weight excluding hydrogens is 242 g/mol. The molecule has 0 bridgehead atoms. The number of ether oxygens (including phenoxy) is 1. The van der Waals surface area contributed by atoms with Crippen molar-refractivity contribution in [2.75, 3.05) is 0 Å². The molecule has 0 spiro atoms.